The van der Waals surface area contributed by atoms with E-state index in [2.05, 4.69) is 60.7 Å². The molecule has 112 valence electrons. The lowest BCUT2D eigenvalue weighted by Crippen LogP contribution is -1.83. The van der Waals surface area contributed by atoms with Gasteiger partial charge < -0.3 is 0 Å². The van der Waals surface area contributed by atoms with Crippen LogP contribution in [-0.4, -0.2) is 6.29 Å². The number of carbonyl (C=O) groups is 1. The SMILES string of the molecule is O=Cc1ccc2cc3cc4cc5ccccc5cc4cc3cc2c1. The lowest BCUT2D eigenvalue weighted by atomic mass is 9.97. The van der Waals surface area contributed by atoms with E-state index in [1.165, 1.54) is 32.3 Å². The molecule has 1 heteroatoms. The third kappa shape index (κ3) is 1.99. The summed E-state index contributed by atoms with van der Waals surface area (Å²) in [6.07, 6.45) is 0.899. The first-order valence-corrected chi connectivity index (χ1v) is 8.05. The second-order valence-electron chi connectivity index (χ2n) is 6.32. The van der Waals surface area contributed by atoms with Crippen molar-refractivity contribution >= 4 is 49.4 Å². The predicted octanol–water partition coefficient (Wildman–Crippen LogP) is 6.11. The van der Waals surface area contributed by atoms with E-state index in [1.54, 1.807) is 0 Å². The van der Waals surface area contributed by atoms with Crippen LogP contribution < -0.4 is 0 Å². The van der Waals surface area contributed by atoms with Gasteiger partial charge in [0, 0.05) is 5.56 Å². The Bertz CT molecular complexity index is 1270. The monoisotopic (exact) mass is 306 g/mol. The minimum absolute atomic E-state index is 0.716. The van der Waals surface area contributed by atoms with E-state index in [9.17, 15) is 4.79 Å². The Morgan fingerprint density at radius 1 is 0.458 bits per heavy atom. The molecule has 0 saturated carbocycles. The molecule has 5 aromatic rings. The van der Waals surface area contributed by atoms with Crippen LogP contribution in [0.15, 0.2) is 78.9 Å². The molecule has 0 N–H and O–H groups in total. The summed E-state index contributed by atoms with van der Waals surface area (Å²) in [7, 11) is 0. The summed E-state index contributed by atoms with van der Waals surface area (Å²) in [5.74, 6) is 0. The van der Waals surface area contributed by atoms with Crippen LogP contribution in [0.1, 0.15) is 10.4 Å². The largest absolute Gasteiger partial charge is 0.298 e. The molecule has 1 nitrogen and oxygen atoms in total. The van der Waals surface area contributed by atoms with Crippen LogP contribution in [0.5, 0.6) is 0 Å². The molecule has 0 amide bonds. The molecule has 0 aliphatic heterocycles. The highest BCUT2D eigenvalue weighted by molar-refractivity contribution is 6.08. The van der Waals surface area contributed by atoms with E-state index in [4.69, 9.17) is 0 Å². The lowest BCUT2D eigenvalue weighted by Gasteiger charge is -2.07. The van der Waals surface area contributed by atoms with Crippen molar-refractivity contribution in [3.63, 3.8) is 0 Å². The molecule has 0 bridgehead atoms. The molecule has 0 spiro atoms. The zero-order valence-electron chi connectivity index (χ0n) is 13.0. The fourth-order valence-corrected chi connectivity index (χ4v) is 3.54. The zero-order chi connectivity index (χ0) is 16.1. The molecular formula is C23H14O. The van der Waals surface area contributed by atoms with Gasteiger partial charge in [-0.15, -0.1) is 0 Å². The molecule has 0 aliphatic carbocycles. The molecule has 0 radical (unpaired) electrons. The first-order valence-electron chi connectivity index (χ1n) is 8.05. The number of hydrogen-bond donors (Lipinski definition) is 0. The number of aldehydes is 1. The Morgan fingerprint density at radius 3 is 1.38 bits per heavy atom. The van der Waals surface area contributed by atoms with Gasteiger partial charge in [0.1, 0.15) is 6.29 Å². The highest BCUT2D eigenvalue weighted by Gasteiger charge is 2.04. The molecule has 5 rings (SSSR count). The van der Waals surface area contributed by atoms with Gasteiger partial charge in [0.25, 0.3) is 0 Å². The van der Waals surface area contributed by atoms with Crippen LogP contribution in [0.25, 0.3) is 43.1 Å². The first kappa shape index (κ1) is 13.3. The predicted molar refractivity (Wildman–Crippen MR) is 102 cm³/mol. The lowest BCUT2D eigenvalue weighted by molar-refractivity contribution is 0.112. The van der Waals surface area contributed by atoms with Crippen molar-refractivity contribution in [2.75, 3.05) is 0 Å². The smallest absolute Gasteiger partial charge is 0.150 e. The summed E-state index contributed by atoms with van der Waals surface area (Å²) in [6, 6.07) is 27.7. The Hall–Kier alpha value is -3.19. The number of carbonyl (C=O) groups excluding carboxylic acids is 1. The number of hydrogen-bond acceptors (Lipinski definition) is 1. The van der Waals surface area contributed by atoms with Crippen LogP contribution in [0.4, 0.5) is 0 Å². The molecule has 0 atom stereocenters. The van der Waals surface area contributed by atoms with Gasteiger partial charge in [-0.25, -0.2) is 0 Å². The van der Waals surface area contributed by atoms with Gasteiger partial charge >= 0.3 is 0 Å². The van der Waals surface area contributed by atoms with Crippen molar-refractivity contribution in [3.8, 4) is 0 Å². The third-order valence-electron chi connectivity index (χ3n) is 4.78. The van der Waals surface area contributed by atoms with E-state index in [-0.39, 0.29) is 0 Å². The zero-order valence-corrected chi connectivity index (χ0v) is 13.0. The van der Waals surface area contributed by atoms with Crippen molar-refractivity contribution in [1.29, 1.82) is 0 Å². The summed E-state index contributed by atoms with van der Waals surface area (Å²) in [6.45, 7) is 0. The number of benzene rings is 5. The van der Waals surface area contributed by atoms with E-state index >= 15 is 0 Å². The van der Waals surface area contributed by atoms with Crippen molar-refractivity contribution in [2.45, 2.75) is 0 Å². The number of fused-ring (bicyclic) bond motifs is 4. The topological polar surface area (TPSA) is 17.1 Å². The van der Waals surface area contributed by atoms with Crippen LogP contribution in [0.2, 0.25) is 0 Å². The normalized spacial score (nSPS) is 11.5. The summed E-state index contributed by atoms with van der Waals surface area (Å²) >= 11 is 0. The highest BCUT2D eigenvalue weighted by Crippen LogP contribution is 2.30. The highest BCUT2D eigenvalue weighted by atomic mass is 16.1. The van der Waals surface area contributed by atoms with E-state index in [1.807, 2.05) is 18.2 Å². The van der Waals surface area contributed by atoms with Crippen molar-refractivity contribution in [3.05, 3.63) is 84.4 Å². The minimum Gasteiger partial charge on any atom is -0.298 e. The average molecular weight is 306 g/mol. The van der Waals surface area contributed by atoms with Crippen molar-refractivity contribution in [2.24, 2.45) is 0 Å². The quantitative estimate of drug-likeness (QED) is 0.270. The fraction of sp³-hybridized carbons (Fsp3) is 0. The van der Waals surface area contributed by atoms with Crippen LogP contribution in [0, 0.1) is 0 Å². The molecule has 0 unspecified atom stereocenters. The van der Waals surface area contributed by atoms with Gasteiger partial charge in [-0.3, -0.25) is 4.79 Å². The molecule has 0 fully saturated rings. The Kier molecular flexibility index (Phi) is 2.71. The third-order valence-corrected chi connectivity index (χ3v) is 4.78. The maximum atomic E-state index is 11.0. The van der Waals surface area contributed by atoms with Crippen molar-refractivity contribution < 1.29 is 4.79 Å². The van der Waals surface area contributed by atoms with Gasteiger partial charge in [0.05, 0.1) is 0 Å². The molecular weight excluding hydrogens is 292 g/mol. The first-order chi connectivity index (χ1) is 11.8. The summed E-state index contributed by atoms with van der Waals surface area (Å²) in [5.41, 5.74) is 0.716. The summed E-state index contributed by atoms with van der Waals surface area (Å²) < 4.78 is 0. The molecule has 5 aromatic carbocycles. The second-order valence-corrected chi connectivity index (χ2v) is 6.32. The molecule has 24 heavy (non-hydrogen) atoms. The molecule has 0 aliphatic rings. The van der Waals surface area contributed by atoms with Gasteiger partial charge in [-0.1, -0.05) is 36.4 Å². The Morgan fingerprint density at radius 2 is 0.875 bits per heavy atom. The van der Waals surface area contributed by atoms with E-state index in [0.29, 0.717) is 5.56 Å². The summed E-state index contributed by atoms with van der Waals surface area (Å²) in [4.78, 5) is 11.0. The maximum Gasteiger partial charge on any atom is 0.150 e. The molecule has 0 heterocycles. The average Bonchev–Trinajstić information content (AvgIpc) is 2.62. The minimum atomic E-state index is 0.716. The van der Waals surface area contributed by atoms with Gasteiger partial charge in [0.15, 0.2) is 0 Å². The molecule has 0 aromatic heterocycles. The maximum absolute atomic E-state index is 11.0. The van der Waals surface area contributed by atoms with Gasteiger partial charge in [0.2, 0.25) is 0 Å². The number of rotatable bonds is 1. The van der Waals surface area contributed by atoms with Crippen LogP contribution in [-0.2, 0) is 0 Å². The fourth-order valence-electron chi connectivity index (χ4n) is 3.54. The van der Waals surface area contributed by atoms with Crippen molar-refractivity contribution in [1.82, 2.24) is 0 Å². The molecule has 0 saturated heterocycles. The van der Waals surface area contributed by atoms with E-state index in [0.717, 1.165) is 17.1 Å². The van der Waals surface area contributed by atoms with Gasteiger partial charge in [-0.2, -0.15) is 0 Å². The second kappa shape index (κ2) is 4.90. The van der Waals surface area contributed by atoms with Gasteiger partial charge in [-0.05, 0) is 85.6 Å². The summed E-state index contributed by atoms with van der Waals surface area (Å²) in [5, 5.41) is 9.71. The Labute approximate surface area is 139 Å². The van der Waals surface area contributed by atoms with Crippen LogP contribution in [0.3, 0.4) is 0 Å². The van der Waals surface area contributed by atoms with Crippen LogP contribution >= 0.6 is 0 Å². The standard InChI is InChI=1S/C23H14O/c24-14-15-5-6-18-10-22-12-20-8-16-3-1-2-4-17(16)9-21(20)13-23(22)11-19(18)7-15/h1-14H. The Balaban J connectivity index is 1.87. The van der Waals surface area contributed by atoms with E-state index < -0.39 is 0 Å².